The Kier molecular flexibility index (Phi) is 7.00. The first-order valence-electron chi connectivity index (χ1n) is 11.2. The molecule has 4 rings (SSSR count). The zero-order chi connectivity index (χ0) is 22.7. The molecule has 0 bridgehead atoms. The van der Waals surface area contributed by atoms with Crippen molar-refractivity contribution in [1.29, 1.82) is 0 Å². The Hall–Kier alpha value is -2.19. The van der Waals surface area contributed by atoms with Crippen molar-refractivity contribution in [2.45, 2.75) is 42.7 Å². The van der Waals surface area contributed by atoms with Gasteiger partial charge < -0.3 is 9.84 Å². The molecule has 0 spiro atoms. The number of rotatable bonds is 6. The predicted octanol–water partition coefficient (Wildman–Crippen LogP) is 3.34. The van der Waals surface area contributed by atoms with Gasteiger partial charge in [0.2, 0.25) is 10.0 Å². The van der Waals surface area contributed by atoms with Crippen LogP contribution < -0.4 is 4.74 Å². The lowest BCUT2D eigenvalue weighted by Crippen LogP contribution is -2.67. The van der Waals surface area contributed by atoms with Gasteiger partial charge in [0.1, 0.15) is 5.75 Å². The molecule has 2 aliphatic rings. The van der Waals surface area contributed by atoms with E-state index in [1.807, 2.05) is 13.0 Å². The minimum Gasteiger partial charge on any atom is -0.497 e. The minimum atomic E-state index is -3.61. The number of fused-ring (bicyclic) bond motifs is 1. The van der Waals surface area contributed by atoms with Crippen LogP contribution in [0.3, 0.4) is 0 Å². The van der Waals surface area contributed by atoms with Gasteiger partial charge in [-0.1, -0.05) is 36.4 Å². The van der Waals surface area contributed by atoms with Gasteiger partial charge >= 0.3 is 0 Å². The lowest BCUT2D eigenvalue weighted by Gasteiger charge is -2.57. The summed E-state index contributed by atoms with van der Waals surface area (Å²) in [5, 5.41) is 10.1. The van der Waals surface area contributed by atoms with E-state index in [9.17, 15) is 13.5 Å². The van der Waals surface area contributed by atoms with Gasteiger partial charge in [0.15, 0.2) is 0 Å². The summed E-state index contributed by atoms with van der Waals surface area (Å²) in [6, 6.07) is 15.1. The normalized spacial score (nSPS) is 25.0. The molecule has 32 heavy (non-hydrogen) atoms. The van der Waals surface area contributed by atoms with Crippen LogP contribution >= 0.6 is 0 Å². The second-order valence-corrected chi connectivity index (χ2v) is 10.4. The van der Waals surface area contributed by atoms with Crippen molar-refractivity contribution in [1.82, 2.24) is 9.21 Å². The van der Waals surface area contributed by atoms with Gasteiger partial charge in [-0.15, -0.1) is 0 Å². The van der Waals surface area contributed by atoms with Crippen molar-refractivity contribution in [3.63, 3.8) is 0 Å². The molecule has 2 aromatic rings. The zero-order valence-electron chi connectivity index (χ0n) is 18.7. The number of benzene rings is 2. The Bertz CT molecular complexity index is 1030. The Morgan fingerprint density at radius 2 is 1.75 bits per heavy atom. The SMILES string of the molecule is CC=Cc1ccc([C@@H]2[C@H](CO)N3CCCCN(S(=O)(=O)c4ccc(OC)cc4)C[C@@H]23)cc1. The average molecular weight is 457 g/mol. The summed E-state index contributed by atoms with van der Waals surface area (Å²) in [5.74, 6) is 0.736. The quantitative estimate of drug-likeness (QED) is 0.722. The van der Waals surface area contributed by atoms with Crippen LogP contribution in [0.1, 0.15) is 36.8 Å². The van der Waals surface area contributed by atoms with Gasteiger partial charge in [0.05, 0.1) is 18.6 Å². The highest BCUT2D eigenvalue weighted by molar-refractivity contribution is 7.89. The minimum absolute atomic E-state index is 0.0243. The van der Waals surface area contributed by atoms with E-state index in [0.29, 0.717) is 18.8 Å². The summed E-state index contributed by atoms with van der Waals surface area (Å²) in [4.78, 5) is 2.58. The van der Waals surface area contributed by atoms with Crippen molar-refractivity contribution >= 4 is 16.1 Å². The van der Waals surface area contributed by atoms with Crippen molar-refractivity contribution in [2.24, 2.45) is 0 Å². The molecule has 0 aromatic heterocycles. The molecule has 2 heterocycles. The molecule has 6 nitrogen and oxygen atoms in total. The number of hydrogen-bond acceptors (Lipinski definition) is 5. The van der Waals surface area contributed by atoms with E-state index in [2.05, 4.69) is 35.2 Å². The maximum atomic E-state index is 13.4. The molecule has 0 saturated carbocycles. The van der Waals surface area contributed by atoms with Crippen LogP contribution in [0.25, 0.3) is 6.08 Å². The Morgan fingerprint density at radius 1 is 1.06 bits per heavy atom. The summed E-state index contributed by atoms with van der Waals surface area (Å²) >= 11 is 0. The second-order valence-electron chi connectivity index (χ2n) is 8.49. The Labute approximate surface area is 191 Å². The van der Waals surface area contributed by atoms with E-state index in [1.54, 1.807) is 35.7 Å². The highest BCUT2D eigenvalue weighted by atomic mass is 32.2. The largest absolute Gasteiger partial charge is 0.497 e. The first kappa shape index (κ1) is 23.0. The summed E-state index contributed by atoms with van der Waals surface area (Å²) in [6.45, 7) is 3.88. The molecular weight excluding hydrogens is 424 g/mol. The maximum absolute atomic E-state index is 13.4. The molecule has 3 atom stereocenters. The van der Waals surface area contributed by atoms with E-state index in [4.69, 9.17) is 4.74 Å². The van der Waals surface area contributed by atoms with Crippen LogP contribution in [0.15, 0.2) is 59.5 Å². The van der Waals surface area contributed by atoms with Gasteiger partial charge in [-0.05, 0) is 61.7 Å². The molecule has 2 aromatic carbocycles. The molecule has 1 N–H and O–H groups in total. The van der Waals surface area contributed by atoms with E-state index in [0.717, 1.165) is 30.5 Å². The summed E-state index contributed by atoms with van der Waals surface area (Å²) in [5.41, 5.74) is 2.29. The lowest BCUT2D eigenvalue weighted by molar-refractivity contribution is -0.0553. The first-order chi connectivity index (χ1) is 15.5. The fourth-order valence-corrected chi connectivity index (χ4v) is 6.54. The predicted molar refractivity (Wildman–Crippen MR) is 126 cm³/mol. The molecular formula is C25H32N2O4S. The zero-order valence-corrected chi connectivity index (χ0v) is 19.5. The summed E-state index contributed by atoms with van der Waals surface area (Å²) in [7, 11) is -2.05. The second kappa shape index (κ2) is 9.75. The van der Waals surface area contributed by atoms with Gasteiger partial charge in [-0.2, -0.15) is 4.31 Å². The van der Waals surface area contributed by atoms with Crippen molar-refractivity contribution < 1.29 is 18.3 Å². The van der Waals surface area contributed by atoms with Crippen LogP contribution in [0, 0.1) is 0 Å². The topological polar surface area (TPSA) is 70.1 Å². The van der Waals surface area contributed by atoms with Crippen LogP contribution in [0.5, 0.6) is 5.75 Å². The third-order valence-electron chi connectivity index (χ3n) is 6.71. The molecule has 0 aliphatic carbocycles. The number of ether oxygens (including phenoxy) is 1. The number of aliphatic hydroxyl groups is 1. The van der Waals surface area contributed by atoms with E-state index in [1.165, 1.54) is 0 Å². The third-order valence-corrected chi connectivity index (χ3v) is 8.59. The first-order valence-corrected chi connectivity index (χ1v) is 12.7. The Morgan fingerprint density at radius 3 is 2.38 bits per heavy atom. The van der Waals surface area contributed by atoms with Gasteiger partial charge in [0.25, 0.3) is 0 Å². The molecule has 2 aliphatic heterocycles. The van der Waals surface area contributed by atoms with E-state index >= 15 is 0 Å². The highest BCUT2D eigenvalue weighted by Crippen LogP contribution is 2.42. The highest BCUT2D eigenvalue weighted by Gasteiger charge is 2.50. The lowest BCUT2D eigenvalue weighted by atomic mass is 9.74. The van der Waals surface area contributed by atoms with Crippen LogP contribution in [-0.4, -0.2) is 68.2 Å². The molecule has 2 fully saturated rings. The fraction of sp³-hybridized carbons (Fsp3) is 0.440. The van der Waals surface area contributed by atoms with Gasteiger partial charge in [0, 0.05) is 31.1 Å². The molecule has 2 saturated heterocycles. The number of nitrogens with zero attached hydrogens (tertiary/aromatic N) is 2. The molecule has 172 valence electrons. The average Bonchev–Trinajstić information content (AvgIpc) is 2.79. The molecule has 0 amide bonds. The number of methoxy groups -OCH3 is 1. The van der Waals surface area contributed by atoms with Gasteiger partial charge in [-0.3, -0.25) is 4.90 Å². The van der Waals surface area contributed by atoms with Crippen LogP contribution in [0.4, 0.5) is 0 Å². The number of aliphatic hydroxyl groups excluding tert-OH is 1. The summed E-state index contributed by atoms with van der Waals surface area (Å²) in [6.07, 6.45) is 5.78. The summed E-state index contributed by atoms with van der Waals surface area (Å²) < 4.78 is 33.7. The third kappa shape index (κ3) is 4.35. The maximum Gasteiger partial charge on any atom is 0.243 e. The van der Waals surface area contributed by atoms with Crippen molar-refractivity contribution in [2.75, 3.05) is 33.4 Å². The van der Waals surface area contributed by atoms with E-state index in [-0.39, 0.29) is 29.5 Å². The molecule has 7 heteroatoms. The number of allylic oxidation sites excluding steroid dienone is 1. The molecule has 0 radical (unpaired) electrons. The monoisotopic (exact) mass is 456 g/mol. The fourth-order valence-electron chi connectivity index (χ4n) is 5.05. The van der Waals surface area contributed by atoms with Crippen molar-refractivity contribution in [3.8, 4) is 5.75 Å². The van der Waals surface area contributed by atoms with Crippen LogP contribution in [0.2, 0.25) is 0 Å². The Balaban J connectivity index is 1.61. The smallest absolute Gasteiger partial charge is 0.243 e. The van der Waals surface area contributed by atoms with Gasteiger partial charge in [-0.25, -0.2) is 8.42 Å². The van der Waals surface area contributed by atoms with Crippen LogP contribution in [-0.2, 0) is 10.0 Å². The standard InChI is InChI=1S/C25H32N2O4S/c1-3-6-19-7-9-20(10-8-19)25-23-17-26(15-4-5-16-27(23)24(25)18-28)32(29,30)22-13-11-21(31-2)12-14-22/h3,6-14,23-25,28H,4-5,15-18H2,1-2H3/t23-,24-,25-/m0/s1. The number of sulfonamides is 1. The van der Waals surface area contributed by atoms with E-state index < -0.39 is 10.0 Å². The molecule has 0 unspecified atom stereocenters. The van der Waals surface area contributed by atoms with Crippen molar-refractivity contribution in [3.05, 3.63) is 65.7 Å². The number of hydrogen-bond donors (Lipinski definition) is 1.